The molecule has 2 saturated heterocycles. The molecule has 0 bridgehead atoms. The molecule has 6 fully saturated rings. The zero-order valence-corrected chi connectivity index (χ0v) is 32.5. The van der Waals surface area contributed by atoms with Crippen molar-refractivity contribution in [1.82, 2.24) is 0 Å². The van der Waals surface area contributed by atoms with Crippen LogP contribution in [0.4, 0.5) is 0 Å². The third kappa shape index (κ3) is 5.61. The predicted octanol–water partition coefficient (Wildman–Crippen LogP) is 1.70. The summed E-state index contributed by atoms with van der Waals surface area (Å²) in [6, 6.07) is 0. The van der Waals surface area contributed by atoms with Crippen LogP contribution in [0.1, 0.15) is 92.4 Å². The lowest BCUT2D eigenvalue weighted by Crippen LogP contribution is -2.66. The number of fused-ring (bicyclic) bond motifs is 7. The van der Waals surface area contributed by atoms with E-state index in [2.05, 4.69) is 47.3 Å². The molecule has 0 aromatic carbocycles. The number of carbonyl (C=O) groups is 1. The molecule has 0 radical (unpaired) electrons. The molecule has 4 saturated carbocycles. The highest BCUT2D eigenvalue weighted by Crippen LogP contribution is 2.76. The van der Waals surface area contributed by atoms with Crippen LogP contribution < -0.4 is 0 Å². The number of ether oxygens (including phenoxy) is 4. The van der Waals surface area contributed by atoms with Gasteiger partial charge >= 0.3 is 5.97 Å². The van der Waals surface area contributed by atoms with E-state index in [1.54, 1.807) is 0 Å². The highest BCUT2D eigenvalue weighted by Gasteiger charge is 2.70. The summed E-state index contributed by atoms with van der Waals surface area (Å²) in [7, 11) is 0. The lowest BCUT2D eigenvalue weighted by atomic mass is 9.33. The molecule has 19 atom stereocenters. The molecular formula is C41H64O13. The Balaban J connectivity index is 1.18. The normalized spacial score (nSPS) is 54.5. The second-order valence-electron chi connectivity index (χ2n) is 19.0. The molecule has 2 aliphatic heterocycles. The summed E-state index contributed by atoms with van der Waals surface area (Å²) in [5, 5.41) is 83.1. The van der Waals surface area contributed by atoms with E-state index >= 15 is 0 Å². The van der Waals surface area contributed by atoms with Gasteiger partial charge in [0, 0.05) is 11.3 Å². The highest BCUT2D eigenvalue weighted by molar-refractivity contribution is 5.80. The Labute approximate surface area is 318 Å². The summed E-state index contributed by atoms with van der Waals surface area (Å²) in [6.45, 7) is 14.8. The quantitative estimate of drug-likeness (QED) is 0.137. The summed E-state index contributed by atoms with van der Waals surface area (Å²) in [6.07, 6.45) is -3.80. The predicted molar refractivity (Wildman–Crippen MR) is 193 cm³/mol. The Morgan fingerprint density at radius 1 is 0.796 bits per heavy atom. The second-order valence-corrected chi connectivity index (χ2v) is 19.0. The van der Waals surface area contributed by atoms with Crippen molar-refractivity contribution in [2.75, 3.05) is 19.8 Å². The van der Waals surface area contributed by atoms with E-state index < -0.39 is 91.4 Å². The smallest absolute Gasteiger partial charge is 0.315 e. The molecule has 0 unspecified atom stereocenters. The molecule has 54 heavy (non-hydrogen) atoms. The number of rotatable bonds is 7. The van der Waals surface area contributed by atoms with Crippen molar-refractivity contribution >= 4 is 5.97 Å². The van der Waals surface area contributed by atoms with Crippen molar-refractivity contribution < 1.29 is 64.6 Å². The third-order valence-corrected chi connectivity index (χ3v) is 16.8. The average molecular weight is 765 g/mol. The van der Waals surface area contributed by atoms with Gasteiger partial charge in [-0.05, 0) is 91.8 Å². The second kappa shape index (κ2) is 14.1. The molecule has 0 aromatic rings. The molecule has 8 N–H and O–H groups in total. The maximum atomic E-state index is 14.5. The highest BCUT2D eigenvalue weighted by atomic mass is 16.7. The van der Waals surface area contributed by atoms with Gasteiger partial charge in [-0.15, -0.1) is 0 Å². The van der Waals surface area contributed by atoms with Crippen molar-refractivity contribution in [2.45, 2.75) is 154 Å². The standard InChI is InChI=1S/C41H64O13/c1-20-9-14-41(36(50)54-35-33(49)31(47)29(45)23(17-42)52-35)16-15-39(5)22(28(41)21(20)2)7-8-26-37(3)12-11-27(53-34-32(48)30(46)24(18-43)51-34)38(4,19-44)25(37)10-13-40(26,39)6/h7,20,23-35,42-49H,2,8-19H2,1,3-6H3/t20-,23-,24-,25-,26-,27+,28+,29-,30-,31+,32+,33-,34-,35+,37+,38+,39-,40-,41+/m1/s1. The average Bonchev–Trinajstić information content (AvgIpc) is 3.42. The van der Waals surface area contributed by atoms with Crippen LogP contribution in [-0.4, -0.2) is 128 Å². The molecular weight excluding hydrogens is 700 g/mol. The van der Waals surface area contributed by atoms with Crippen molar-refractivity contribution in [1.29, 1.82) is 0 Å². The van der Waals surface area contributed by atoms with Gasteiger partial charge in [0.25, 0.3) is 0 Å². The first-order valence-electron chi connectivity index (χ1n) is 20.2. The van der Waals surface area contributed by atoms with Crippen LogP contribution in [0.3, 0.4) is 0 Å². The number of carbonyl (C=O) groups excluding carboxylic acids is 1. The summed E-state index contributed by atoms with van der Waals surface area (Å²) in [5.74, 6) is -0.322. The third-order valence-electron chi connectivity index (χ3n) is 16.8. The lowest BCUT2D eigenvalue weighted by molar-refractivity contribution is -0.297. The Bertz CT molecular complexity index is 1490. The van der Waals surface area contributed by atoms with E-state index in [1.807, 2.05) is 0 Å². The maximum absolute atomic E-state index is 14.5. The van der Waals surface area contributed by atoms with E-state index in [0.717, 1.165) is 44.1 Å². The van der Waals surface area contributed by atoms with Gasteiger partial charge < -0.3 is 59.8 Å². The molecule has 0 amide bonds. The lowest BCUT2D eigenvalue weighted by Gasteiger charge is -2.71. The Morgan fingerprint density at radius 2 is 1.43 bits per heavy atom. The molecule has 0 aromatic heterocycles. The van der Waals surface area contributed by atoms with Crippen molar-refractivity contribution in [3.05, 3.63) is 23.8 Å². The molecule has 5 aliphatic carbocycles. The van der Waals surface area contributed by atoms with Crippen LogP contribution in [0.15, 0.2) is 23.8 Å². The van der Waals surface area contributed by atoms with Crippen LogP contribution in [0.25, 0.3) is 0 Å². The minimum atomic E-state index is -1.68. The van der Waals surface area contributed by atoms with Gasteiger partial charge in [0.2, 0.25) is 6.29 Å². The topological polar surface area (TPSA) is 216 Å². The van der Waals surface area contributed by atoms with Crippen LogP contribution in [0.2, 0.25) is 0 Å². The fourth-order valence-corrected chi connectivity index (χ4v) is 13.2. The molecule has 7 rings (SSSR count). The van der Waals surface area contributed by atoms with Crippen LogP contribution in [0, 0.1) is 50.7 Å². The zero-order chi connectivity index (χ0) is 39.3. The van der Waals surface area contributed by atoms with Gasteiger partial charge in [-0.2, -0.15) is 0 Å². The molecule has 7 aliphatic rings. The van der Waals surface area contributed by atoms with E-state index in [9.17, 15) is 45.6 Å². The fourth-order valence-electron chi connectivity index (χ4n) is 13.2. The zero-order valence-electron chi connectivity index (χ0n) is 32.5. The first-order valence-corrected chi connectivity index (χ1v) is 20.2. The van der Waals surface area contributed by atoms with Crippen LogP contribution >= 0.6 is 0 Å². The van der Waals surface area contributed by atoms with Crippen molar-refractivity contribution in [2.24, 2.45) is 50.7 Å². The van der Waals surface area contributed by atoms with E-state index in [-0.39, 0.29) is 46.5 Å². The Hall–Kier alpha value is -1.49. The minimum absolute atomic E-state index is 0.0864. The molecule has 0 spiro atoms. The monoisotopic (exact) mass is 764 g/mol. The number of aliphatic hydroxyl groups is 8. The molecule has 306 valence electrons. The first-order chi connectivity index (χ1) is 25.4. The number of esters is 1. The SMILES string of the molecule is C=C1[C@H]2C3=CC[C@@H]4[C@@]5(C)CC[C@H](O[C@H]6O[C@H](CO)[C@@H](O)[C@@H]6O)[C@@](C)(CO)[C@@H]5CC[C@@]4(C)[C@]3(C)CC[C@@]2(C(=O)O[C@@H]2O[C@H](CO)[C@@H](O)[C@H](O)[C@H]2O)CC[C@H]1C. The van der Waals surface area contributed by atoms with E-state index in [1.165, 1.54) is 5.57 Å². The Kier molecular flexibility index (Phi) is 10.6. The summed E-state index contributed by atoms with van der Waals surface area (Å²) < 4.78 is 23.7. The first kappa shape index (κ1) is 40.7. The van der Waals surface area contributed by atoms with Gasteiger partial charge in [-0.3, -0.25) is 4.79 Å². The van der Waals surface area contributed by atoms with Gasteiger partial charge in [-0.1, -0.05) is 58.4 Å². The number of hydrogen-bond acceptors (Lipinski definition) is 13. The van der Waals surface area contributed by atoms with E-state index in [0.29, 0.717) is 19.3 Å². The van der Waals surface area contributed by atoms with Crippen molar-refractivity contribution in [3.63, 3.8) is 0 Å². The number of allylic oxidation sites excluding steroid dienone is 3. The van der Waals surface area contributed by atoms with Crippen LogP contribution in [-0.2, 0) is 23.7 Å². The van der Waals surface area contributed by atoms with Crippen LogP contribution in [0.5, 0.6) is 0 Å². The summed E-state index contributed by atoms with van der Waals surface area (Å²) >= 11 is 0. The summed E-state index contributed by atoms with van der Waals surface area (Å²) in [5.41, 5.74) is -0.0486. The van der Waals surface area contributed by atoms with Gasteiger partial charge in [0.05, 0.1) is 31.3 Å². The fraction of sp³-hybridized carbons (Fsp3) is 0.878. The molecule has 13 heteroatoms. The number of aliphatic hydroxyl groups excluding tert-OH is 8. The van der Waals surface area contributed by atoms with Gasteiger partial charge in [0.15, 0.2) is 6.29 Å². The van der Waals surface area contributed by atoms with Gasteiger partial charge in [-0.25, -0.2) is 0 Å². The minimum Gasteiger partial charge on any atom is -0.432 e. The van der Waals surface area contributed by atoms with E-state index in [4.69, 9.17) is 18.9 Å². The van der Waals surface area contributed by atoms with Gasteiger partial charge in [0.1, 0.15) is 42.7 Å². The molecule has 2 heterocycles. The van der Waals surface area contributed by atoms with Crippen molar-refractivity contribution in [3.8, 4) is 0 Å². The summed E-state index contributed by atoms with van der Waals surface area (Å²) in [4.78, 5) is 14.5. The largest absolute Gasteiger partial charge is 0.432 e. The number of hydrogen-bond donors (Lipinski definition) is 8. The maximum Gasteiger partial charge on any atom is 0.315 e. The Morgan fingerprint density at radius 3 is 2.07 bits per heavy atom. The molecule has 13 nitrogen and oxygen atoms in total.